The number of aliphatic hydroxyl groups excluding tert-OH is 2. The minimum atomic E-state index is -1.29. The molecule has 3 amide bonds. The van der Waals surface area contributed by atoms with E-state index in [1.165, 1.54) is 0 Å². The monoisotopic (exact) mass is 377 g/mol. The highest BCUT2D eigenvalue weighted by Crippen LogP contribution is 2.38. The summed E-state index contributed by atoms with van der Waals surface area (Å²) in [5.74, 6) is -0.606. The van der Waals surface area contributed by atoms with Gasteiger partial charge in [0.25, 0.3) is 0 Å². The van der Waals surface area contributed by atoms with Crippen LogP contribution in [0.4, 0.5) is 4.79 Å². The molecule has 2 saturated heterocycles. The third-order valence-electron chi connectivity index (χ3n) is 3.88. The van der Waals surface area contributed by atoms with Gasteiger partial charge in [0.05, 0.1) is 12.7 Å². The van der Waals surface area contributed by atoms with Crippen molar-refractivity contribution in [1.82, 2.24) is 10.2 Å². The molecule has 11 heteroatoms. The van der Waals surface area contributed by atoms with Crippen LogP contribution in [0.15, 0.2) is 5.11 Å². The van der Waals surface area contributed by atoms with Crippen LogP contribution in [-0.4, -0.2) is 62.6 Å². The summed E-state index contributed by atoms with van der Waals surface area (Å²) in [6.45, 7) is 1.29. The molecule has 5 atom stereocenters. The van der Waals surface area contributed by atoms with E-state index in [9.17, 15) is 14.7 Å². The third-order valence-corrected chi connectivity index (χ3v) is 5.21. The zero-order chi connectivity index (χ0) is 16.5. The average Bonchev–Trinajstić information content (AvgIpc) is 2.85. The topological polar surface area (TPSA) is 148 Å². The van der Waals surface area contributed by atoms with Crippen LogP contribution in [0.3, 0.4) is 0 Å². The van der Waals surface area contributed by atoms with E-state index >= 15 is 0 Å². The van der Waals surface area contributed by atoms with Gasteiger partial charge in [-0.2, -0.15) is 0 Å². The Bertz CT molecular complexity index is 527. The predicted molar refractivity (Wildman–Crippen MR) is 76.6 cm³/mol. The molecule has 0 spiro atoms. The van der Waals surface area contributed by atoms with Gasteiger partial charge in [-0.3, -0.25) is 15.0 Å². The number of carbonyl (C=O) groups excluding carboxylic acids is 2. The Morgan fingerprint density at radius 1 is 1.64 bits per heavy atom. The first-order valence-electron chi connectivity index (χ1n) is 6.70. The fourth-order valence-corrected chi connectivity index (χ4v) is 3.00. The first-order valence-corrected chi connectivity index (χ1v) is 7.49. The van der Waals surface area contributed by atoms with Gasteiger partial charge in [0.2, 0.25) is 5.91 Å². The lowest BCUT2D eigenvalue weighted by atomic mass is 9.98. The Balaban J connectivity index is 2.37. The van der Waals surface area contributed by atoms with E-state index in [1.54, 1.807) is 6.92 Å². The number of nitrogens with zero attached hydrogens (tertiary/aromatic N) is 4. The number of azide groups is 1. The molecule has 0 radical (unpaired) electrons. The number of alkyl halides is 1. The molecule has 2 heterocycles. The van der Waals surface area contributed by atoms with Gasteiger partial charge >= 0.3 is 6.03 Å². The van der Waals surface area contributed by atoms with Crippen LogP contribution in [0.5, 0.6) is 0 Å². The molecule has 0 aromatic carbocycles. The van der Waals surface area contributed by atoms with Crippen LogP contribution in [0, 0.1) is 0 Å². The van der Waals surface area contributed by atoms with Crippen molar-refractivity contribution in [3.05, 3.63) is 10.4 Å². The molecule has 0 aromatic rings. The summed E-state index contributed by atoms with van der Waals surface area (Å²) < 4.78 is 4.14. The molecule has 2 rings (SSSR count). The van der Waals surface area contributed by atoms with Crippen LogP contribution < -0.4 is 5.32 Å². The number of nitrogens with one attached hydrogen (secondary N) is 1. The summed E-state index contributed by atoms with van der Waals surface area (Å²) in [4.78, 5) is 28.0. The molecule has 0 aromatic heterocycles. The largest absolute Gasteiger partial charge is 0.394 e. The fraction of sp³-hybridized carbons (Fsp3) is 0.818. The van der Waals surface area contributed by atoms with Gasteiger partial charge in [-0.15, -0.1) is 0 Å². The van der Waals surface area contributed by atoms with Gasteiger partial charge < -0.3 is 14.9 Å². The molecule has 3 N–H and O–H groups in total. The zero-order valence-corrected chi connectivity index (χ0v) is 13.3. The number of halogens is 1. The molecule has 2 aliphatic heterocycles. The number of hydrogen-bond donors (Lipinski definition) is 3. The van der Waals surface area contributed by atoms with Crippen molar-refractivity contribution in [2.45, 2.75) is 48.7 Å². The lowest BCUT2D eigenvalue weighted by Gasteiger charge is -2.44. The number of imide groups is 1. The second kappa shape index (κ2) is 6.39. The smallest absolute Gasteiger partial charge is 0.326 e. The van der Waals surface area contributed by atoms with Gasteiger partial charge in [0.1, 0.15) is 22.8 Å². The number of urea groups is 1. The molecule has 2 aliphatic rings. The normalized spacial score (nSPS) is 38.6. The van der Waals surface area contributed by atoms with Gasteiger partial charge in [-0.05, 0) is 12.0 Å². The van der Waals surface area contributed by atoms with E-state index in [0.717, 1.165) is 4.90 Å². The average molecular weight is 378 g/mol. The van der Waals surface area contributed by atoms with Gasteiger partial charge in [-0.25, -0.2) is 4.79 Å². The second-order valence-electron chi connectivity index (χ2n) is 5.08. The maximum absolute atomic E-state index is 12.1. The van der Waals surface area contributed by atoms with E-state index in [-0.39, 0.29) is 12.8 Å². The van der Waals surface area contributed by atoms with Crippen molar-refractivity contribution in [3.8, 4) is 0 Å². The van der Waals surface area contributed by atoms with Crippen molar-refractivity contribution in [1.29, 1.82) is 0 Å². The summed E-state index contributed by atoms with van der Waals surface area (Å²) in [6, 6.07) is -0.776. The van der Waals surface area contributed by atoms with Crippen LogP contribution in [0.25, 0.3) is 10.4 Å². The zero-order valence-electron chi connectivity index (χ0n) is 11.7. The molecular weight excluding hydrogens is 362 g/mol. The maximum Gasteiger partial charge on any atom is 0.326 e. The predicted octanol–water partition coefficient (Wildman–Crippen LogP) is 0.187. The highest BCUT2D eigenvalue weighted by Gasteiger charge is 2.55. The van der Waals surface area contributed by atoms with Crippen LogP contribution >= 0.6 is 15.9 Å². The molecule has 22 heavy (non-hydrogen) atoms. The van der Waals surface area contributed by atoms with Crippen molar-refractivity contribution in [3.63, 3.8) is 0 Å². The Labute approximate surface area is 134 Å². The lowest BCUT2D eigenvalue weighted by molar-refractivity contribution is -0.130. The summed E-state index contributed by atoms with van der Waals surface area (Å²) in [7, 11) is 0. The maximum atomic E-state index is 12.1. The van der Waals surface area contributed by atoms with Crippen LogP contribution in [0.1, 0.15) is 19.8 Å². The summed E-state index contributed by atoms with van der Waals surface area (Å²) in [6.07, 6.45) is -3.58. The minimum absolute atomic E-state index is 0.0388. The van der Waals surface area contributed by atoms with E-state index in [4.69, 9.17) is 15.4 Å². The van der Waals surface area contributed by atoms with Gasteiger partial charge in [0.15, 0.2) is 0 Å². The number of amides is 3. The van der Waals surface area contributed by atoms with Crippen molar-refractivity contribution < 1.29 is 24.5 Å². The number of hydrogen-bond acceptors (Lipinski definition) is 6. The van der Waals surface area contributed by atoms with Crippen molar-refractivity contribution in [2.75, 3.05) is 6.61 Å². The molecule has 0 aliphatic carbocycles. The molecule has 0 unspecified atom stereocenters. The molecule has 0 saturated carbocycles. The Morgan fingerprint density at radius 2 is 2.32 bits per heavy atom. The number of aliphatic hydroxyl groups is 2. The summed E-state index contributed by atoms with van der Waals surface area (Å²) in [5, 5.41) is 24.7. The number of ether oxygens (including phenoxy) is 1. The Kier molecular flexibility index (Phi) is 4.93. The highest BCUT2D eigenvalue weighted by atomic mass is 79.9. The quantitative estimate of drug-likeness (QED) is 0.276. The summed E-state index contributed by atoms with van der Waals surface area (Å²) >= 11 is 3.25. The molecule has 0 bridgehead atoms. The number of rotatable bonds is 4. The molecule has 2 fully saturated rings. The second-order valence-corrected chi connectivity index (χ2v) is 6.49. The first-order chi connectivity index (χ1) is 10.4. The fourth-order valence-electron chi connectivity index (χ4n) is 2.59. The van der Waals surface area contributed by atoms with Gasteiger partial charge in [-0.1, -0.05) is 28.0 Å². The first kappa shape index (κ1) is 17.0. The van der Waals surface area contributed by atoms with E-state index in [1.807, 2.05) is 0 Å². The minimum Gasteiger partial charge on any atom is -0.394 e. The van der Waals surface area contributed by atoms with Crippen LogP contribution in [0.2, 0.25) is 0 Å². The van der Waals surface area contributed by atoms with Crippen molar-refractivity contribution in [2.24, 2.45) is 5.11 Å². The number of carbonyl (C=O) groups is 2. The van der Waals surface area contributed by atoms with Gasteiger partial charge in [0, 0.05) is 11.3 Å². The molecular formula is C11H16BrN5O5. The van der Waals surface area contributed by atoms with Crippen molar-refractivity contribution >= 4 is 27.9 Å². The lowest BCUT2D eigenvalue weighted by Crippen LogP contribution is -2.68. The van der Waals surface area contributed by atoms with E-state index in [2.05, 4.69) is 31.3 Å². The van der Waals surface area contributed by atoms with Crippen LogP contribution in [-0.2, 0) is 9.53 Å². The summed E-state index contributed by atoms with van der Waals surface area (Å²) in [5.41, 5.74) is 8.77. The third kappa shape index (κ3) is 2.66. The van der Waals surface area contributed by atoms with E-state index < -0.39 is 47.5 Å². The van der Waals surface area contributed by atoms with E-state index in [0.29, 0.717) is 0 Å². The molecule has 122 valence electrons. The highest BCUT2D eigenvalue weighted by molar-refractivity contribution is 9.10. The molecule has 10 nitrogen and oxygen atoms in total. The Morgan fingerprint density at radius 3 is 2.82 bits per heavy atom. The Hall–Kier alpha value is -1.39. The standard InChI is InChI=1S/C11H16BrN5O5/c1-2-11(12)8(15-16-13)17(10(21)14-9(11)20)7-3-5(19)6(4-18)22-7/h5-8,18-19H,2-4H2,1H3,(H,14,20,21)/t5-,6+,7+,8+,11-/m0/s1. The SMILES string of the molecule is CC[C@@]1(Br)C(=O)NC(=O)N([C@H]2C[C@H](O)[C@@H](CO)O2)[C@H]1N=[N+]=[N-].